The zero-order valence-corrected chi connectivity index (χ0v) is 15.6. The molecule has 1 amide bonds. The van der Waals surface area contributed by atoms with Gasteiger partial charge in [0.15, 0.2) is 0 Å². The number of hydrogen-bond acceptors (Lipinski definition) is 2. The van der Waals surface area contributed by atoms with Gasteiger partial charge in [-0.05, 0) is 49.8 Å². The van der Waals surface area contributed by atoms with Gasteiger partial charge in [0.25, 0.3) is 0 Å². The van der Waals surface area contributed by atoms with Crippen LogP contribution in [0.1, 0.15) is 36.0 Å². The number of halogens is 1. The van der Waals surface area contributed by atoms with Crippen molar-refractivity contribution in [3.8, 4) is 0 Å². The zero-order chi connectivity index (χ0) is 16.9. The first-order valence-corrected chi connectivity index (χ1v) is 8.82. The summed E-state index contributed by atoms with van der Waals surface area (Å²) in [6, 6.07) is 16.8. The minimum Gasteiger partial charge on any atom is -0.399 e. The van der Waals surface area contributed by atoms with Crippen molar-refractivity contribution in [1.29, 1.82) is 0 Å². The van der Waals surface area contributed by atoms with Crippen molar-refractivity contribution < 1.29 is 4.79 Å². The van der Waals surface area contributed by atoms with Crippen LogP contribution in [0.15, 0.2) is 48.5 Å². The third-order valence-electron chi connectivity index (χ3n) is 4.95. The SMILES string of the molecule is Cc1ccc(CC2CCCN2C(=O)CCc2ccccc2N)cc1.Cl. The van der Waals surface area contributed by atoms with E-state index >= 15 is 0 Å². The zero-order valence-electron chi connectivity index (χ0n) is 14.8. The van der Waals surface area contributed by atoms with Crippen LogP contribution in [-0.4, -0.2) is 23.4 Å². The number of benzene rings is 2. The predicted molar refractivity (Wildman–Crippen MR) is 106 cm³/mol. The molecule has 3 rings (SSSR count). The fourth-order valence-electron chi connectivity index (χ4n) is 3.52. The van der Waals surface area contributed by atoms with Gasteiger partial charge in [-0.2, -0.15) is 0 Å². The summed E-state index contributed by atoms with van der Waals surface area (Å²) in [5, 5.41) is 0. The van der Waals surface area contributed by atoms with E-state index in [2.05, 4.69) is 36.1 Å². The smallest absolute Gasteiger partial charge is 0.223 e. The molecule has 1 fully saturated rings. The molecule has 0 radical (unpaired) electrons. The summed E-state index contributed by atoms with van der Waals surface area (Å²) < 4.78 is 0. The van der Waals surface area contributed by atoms with Crippen LogP contribution >= 0.6 is 12.4 Å². The molecule has 1 heterocycles. The van der Waals surface area contributed by atoms with E-state index in [1.807, 2.05) is 24.3 Å². The minimum absolute atomic E-state index is 0. The van der Waals surface area contributed by atoms with Crippen molar-refractivity contribution in [1.82, 2.24) is 4.90 Å². The molecule has 1 atom stereocenters. The Balaban J connectivity index is 0.00000225. The van der Waals surface area contributed by atoms with E-state index < -0.39 is 0 Å². The molecule has 25 heavy (non-hydrogen) atoms. The van der Waals surface area contributed by atoms with E-state index in [1.165, 1.54) is 11.1 Å². The Morgan fingerprint density at radius 1 is 1.16 bits per heavy atom. The summed E-state index contributed by atoms with van der Waals surface area (Å²) in [5.74, 6) is 0.257. The van der Waals surface area contributed by atoms with Crippen molar-refractivity contribution in [3.63, 3.8) is 0 Å². The Kier molecular flexibility index (Phi) is 6.89. The molecule has 1 unspecified atom stereocenters. The minimum atomic E-state index is 0. The molecule has 1 saturated heterocycles. The van der Waals surface area contributed by atoms with Crippen molar-refractivity contribution in [3.05, 3.63) is 65.2 Å². The summed E-state index contributed by atoms with van der Waals surface area (Å²) >= 11 is 0. The van der Waals surface area contributed by atoms with Crippen LogP contribution in [0.3, 0.4) is 0 Å². The molecule has 1 aliphatic heterocycles. The van der Waals surface area contributed by atoms with Crippen LogP contribution in [0.25, 0.3) is 0 Å². The second-order valence-corrected chi connectivity index (χ2v) is 6.77. The summed E-state index contributed by atoms with van der Waals surface area (Å²) in [6.45, 7) is 2.99. The molecule has 0 aliphatic carbocycles. The molecule has 0 spiro atoms. The number of nitrogen functional groups attached to an aromatic ring is 1. The highest BCUT2D eigenvalue weighted by molar-refractivity contribution is 5.85. The number of nitrogens with two attached hydrogens (primary N) is 1. The van der Waals surface area contributed by atoms with Crippen molar-refractivity contribution in [2.75, 3.05) is 12.3 Å². The number of carbonyl (C=O) groups excluding carboxylic acids is 1. The summed E-state index contributed by atoms with van der Waals surface area (Å²) in [5.41, 5.74) is 10.4. The lowest BCUT2D eigenvalue weighted by molar-refractivity contribution is -0.131. The van der Waals surface area contributed by atoms with Crippen LogP contribution < -0.4 is 5.73 Å². The van der Waals surface area contributed by atoms with E-state index in [0.29, 0.717) is 12.5 Å². The maximum absolute atomic E-state index is 12.7. The second kappa shape index (κ2) is 8.91. The predicted octanol–water partition coefficient (Wildman–Crippen LogP) is 4.17. The fraction of sp³-hybridized carbons (Fsp3) is 0.381. The Labute approximate surface area is 156 Å². The third-order valence-corrected chi connectivity index (χ3v) is 4.95. The third kappa shape index (κ3) is 4.99. The van der Waals surface area contributed by atoms with Crippen LogP contribution in [0.2, 0.25) is 0 Å². The van der Waals surface area contributed by atoms with Gasteiger partial charge in [-0.25, -0.2) is 0 Å². The van der Waals surface area contributed by atoms with E-state index in [9.17, 15) is 4.79 Å². The van der Waals surface area contributed by atoms with E-state index in [1.54, 1.807) is 0 Å². The highest BCUT2D eigenvalue weighted by Crippen LogP contribution is 2.23. The van der Waals surface area contributed by atoms with E-state index in [0.717, 1.165) is 43.5 Å². The van der Waals surface area contributed by atoms with Gasteiger partial charge in [0.05, 0.1) is 0 Å². The number of hydrogen-bond donors (Lipinski definition) is 1. The normalized spacial score (nSPS) is 16.5. The van der Waals surface area contributed by atoms with Crippen LogP contribution in [0.5, 0.6) is 0 Å². The lowest BCUT2D eigenvalue weighted by Gasteiger charge is -2.25. The summed E-state index contributed by atoms with van der Waals surface area (Å²) in [6.07, 6.45) is 4.43. The molecule has 2 aromatic carbocycles. The van der Waals surface area contributed by atoms with Crippen molar-refractivity contribution in [2.45, 2.75) is 45.1 Å². The molecule has 0 bridgehead atoms. The molecule has 1 aliphatic rings. The van der Waals surface area contributed by atoms with E-state index in [-0.39, 0.29) is 18.3 Å². The average Bonchev–Trinajstić information content (AvgIpc) is 3.04. The van der Waals surface area contributed by atoms with Gasteiger partial charge in [0.2, 0.25) is 5.91 Å². The van der Waals surface area contributed by atoms with Crippen molar-refractivity contribution >= 4 is 24.0 Å². The Hall–Kier alpha value is -2.00. The van der Waals surface area contributed by atoms with Gasteiger partial charge in [-0.3, -0.25) is 4.79 Å². The Bertz CT molecular complexity index is 699. The topological polar surface area (TPSA) is 46.3 Å². The molecule has 3 nitrogen and oxygen atoms in total. The Morgan fingerprint density at radius 2 is 1.88 bits per heavy atom. The van der Waals surface area contributed by atoms with Gasteiger partial charge in [-0.15, -0.1) is 12.4 Å². The molecule has 2 aromatic rings. The van der Waals surface area contributed by atoms with Crippen LogP contribution in [-0.2, 0) is 17.6 Å². The van der Waals surface area contributed by atoms with Gasteiger partial charge in [0, 0.05) is 24.7 Å². The number of anilines is 1. The van der Waals surface area contributed by atoms with Crippen LogP contribution in [0.4, 0.5) is 5.69 Å². The number of rotatable bonds is 5. The summed E-state index contributed by atoms with van der Waals surface area (Å²) in [7, 11) is 0. The quantitative estimate of drug-likeness (QED) is 0.815. The number of para-hydroxylation sites is 1. The highest BCUT2D eigenvalue weighted by Gasteiger charge is 2.28. The van der Waals surface area contributed by atoms with Gasteiger partial charge in [-0.1, -0.05) is 48.0 Å². The monoisotopic (exact) mass is 358 g/mol. The molecular weight excluding hydrogens is 332 g/mol. The first-order chi connectivity index (χ1) is 11.6. The fourth-order valence-corrected chi connectivity index (χ4v) is 3.52. The number of nitrogens with zero attached hydrogens (tertiary/aromatic N) is 1. The van der Waals surface area contributed by atoms with Gasteiger partial charge >= 0.3 is 0 Å². The maximum Gasteiger partial charge on any atom is 0.223 e. The van der Waals surface area contributed by atoms with Crippen LogP contribution in [0, 0.1) is 6.92 Å². The molecule has 0 saturated carbocycles. The number of carbonyl (C=O) groups is 1. The van der Waals surface area contributed by atoms with Gasteiger partial charge in [0.1, 0.15) is 0 Å². The number of amides is 1. The maximum atomic E-state index is 12.7. The lowest BCUT2D eigenvalue weighted by Crippen LogP contribution is -2.36. The molecule has 0 aromatic heterocycles. The first kappa shape index (κ1) is 19.3. The standard InChI is InChI=1S/C21H26N2O.ClH/c1-16-8-10-17(11-9-16)15-19-6-4-14-23(19)21(24)13-12-18-5-2-3-7-20(18)22;/h2-3,5,7-11,19H,4,6,12-15,22H2,1H3;1H. The largest absolute Gasteiger partial charge is 0.399 e. The Morgan fingerprint density at radius 3 is 2.60 bits per heavy atom. The molecule has 2 N–H and O–H groups in total. The molecular formula is C21H27ClN2O. The van der Waals surface area contributed by atoms with E-state index in [4.69, 9.17) is 5.73 Å². The molecule has 134 valence electrons. The first-order valence-electron chi connectivity index (χ1n) is 8.82. The van der Waals surface area contributed by atoms with Crippen molar-refractivity contribution in [2.24, 2.45) is 0 Å². The number of aryl methyl sites for hydroxylation is 2. The lowest BCUT2D eigenvalue weighted by atomic mass is 10.0. The average molecular weight is 359 g/mol. The highest BCUT2D eigenvalue weighted by atomic mass is 35.5. The van der Waals surface area contributed by atoms with Gasteiger partial charge < -0.3 is 10.6 Å². The number of likely N-dealkylation sites (tertiary alicyclic amines) is 1. The summed E-state index contributed by atoms with van der Waals surface area (Å²) in [4.78, 5) is 14.8. The second-order valence-electron chi connectivity index (χ2n) is 6.77. The molecule has 4 heteroatoms.